The lowest BCUT2D eigenvalue weighted by Gasteiger charge is -2.04. The van der Waals surface area contributed by atoms with Gasteiger partial charge in [-0.15, -0.1) is 0 Å². The van der Waals surface area contributed by atoms with E-state index >= 15 is 0 Å². The molecule has 0 aliphatic heterocycles. The van der Waals surface area contributed by atoms with Gasteiger partial charge < -0.3 is 10.6 Å². The van der Waals surface area contributed by atoms with Crippen LogP contribution >= 0.6 is 0 Å². The van der Waals surface area contributed by atoms with Gasteiger partial charge in [-0.3, -0.25) is 4.98 Å². The zero-order valence-corrected chi connectivity index (χ0v) is 9.37. The minimum absolute atomic E-state index is 0.477. The lowest BCUT2D eigenvalue weighted by molar-refractivity contribution is 0.458. The average Bonchev–Trinajstić information content (AvgIpc) is 2.32. The summed E-state index contributed by atoms with van der Waals surface area (Å²) < 4.78 is 5.54. The summed E-state index contributed by atoms with van der Waals surface area (Å²) in [5.41, 5.74) is 1.73. The monoisotopic (exact) mass is 228 g/mol. The third-order valence-electron chi connectivity index (χ3n) is 2.06. The molecule has 0 saturated carbocycles. The Labute approximate surface area is 99.0 Å². The van der Waals surface area contributed by atoms with Crippen molar-refractivity contribution in [3.63, 3.8) is 0 Å². The predicted octanol–water partition coefficient (Wildman–Crippen LogP) is 1.87. The number of hydrazone groups is 1. The Morgan fingerprint density at radius 2 is 2.00 bits per heavy atom. The van der Waals surface area contributed by atoms with Crippen LogP contribution in [0.25, 0.3) is 0 Å². The van der Waals surface area contributed by atoms with Crippen LogP contribution < -0.4 is 10.6 Å². The molecule has 2 rings (SSSR count). The van der Waals surface area contributed by atoms with Gasteiger partial charge in [-0.05, 0) is 36.8 Å². The van der Waals surface area contributed by atoms with Gasteiger partial charge in [0.25, 0.3) is 0 Å². The summed E-state index contributed by atoms with van der Waals surface area (Å²) in [5, 5.41) is 3.44. The minimum atomic E-state index is 0.477. The molecule has 0 aliphatic carbocycles. The number of nitrogens with zero attached hydrogens (tertiary/aromatic N) is 3. The molecule has 0 spiro atoms. The number of hydrogen-bond acceptors (Lipinski definition) is 5. The van der Waals surface area contributed by atoms with Crippen molar-refractivity contribution >= 4 is 6.21 Å². The molecular formula is C12H12N4O. The smallest absolute Gasteiger partial charge is 0.238 e. The molecule has 0 unspecified atom stereocenters. The molecule has 2 N–H and O–H groups in total. The average molecular weight is 228 g/mol. The van der Waals surface area contributed by atoms with E-state index in [1.807, 2.05) is 31.2 Å². The fourth-order valence-corrected chi connectivity index (χ4v) is 1.32. The van der Waals surface area contributed by atoms with Crippen molar-refractivity contribution in [3.8, 4) is 11.6 Å². The third kappa shape index (κ3) is 3.01. The van der Waals surface area contributed by atoms with Gasteiger partial charge in [0, 0.05) is 6.20 Å². The molecule has 1 aromatic heterocycles. The van der Waals surface area contributed by atoms with Crippen LogP contribution in [-0.2, 0) is 0 Å². The minimum Gasteiger partial charge on any atom is -0.437 e. The van der Waals surface area contributed by atoms with Crippen LogP contribution in [0.3, 0.4) is 0 Å². The van der Waals surface area contributed by atoms with Gasteiger partial charge >= 0.3 is 0 Å². The van der Waals surface area contributed by atoms with E-state index in [1.165, 1.54) is 0 Å². The summed E-state index contributed by atoms with van der Waals surface area (Å²) in [6, 6.07) is 7.35. The van der Waals surface area contributed by atoms with E-state index in [0.29, 0.717) is 11.6 Å². The quantitative estimate of drug-likeness (QED) is 0.494. The standard InChI is InChI=1S/C12H12N4O/c1-9-6-14-8-12(16-9)17-11-4-2-10(3-5-11)7-15-13/h2-8H,13H2,1H3. The van der Waals surface area contributed by atoms with Gasteiger partial charge in [0.05, 0.1) is 18.1 Å². The maximum atomic E-state index is 5.54. The Balaban J connectivity index is 2.13. The first-order chi connectivity index (χ1) is 8.28. The van der Waals surface area contributed by atoms with E-state index in [-0.39, 0.29) is 0 Å². The first-order valence-electron chi connectivity index (χ1n) is 5.08. The molecule has 0 amide bonds. The van der Waals surface area contributed by atoms with Crippen LogP contribution in [0, 0.1) is 6.92 Å². The van der Waals surface area contributed by atoms with Gasteiger partial charge in [-0.25, -0.2) is 4.98 Å². The van der Waals surface area contributed by atoms with Crippen LogP contribution in [0.15, 0.2) is 41.8 Å². The normalized spacial score (nSPS) is 10.6. The van der Waals surface area contributed by atoms with Crippen LogP contribution in [0.5, 0.6) is 11.6 Å². The molecule has 0 saturated heterocycles. The number of ether oxygens (including phenoxy) is 1. The number of aryl methyl sites for hydroxylation is 1. The molecule has 0 aliphatic rings. The maximum Gasteiger partial charge on any atom is 0.238 e. The molecular weight excluding hydrogens is 216 g/mol. The first kappa shape index (κ1) is 11.1. The predicted molar refractivity (Wildman–Crippen MR) is 65.1 cm³/mol. The number of benzene rings is 1. The summed E-state index contributed by atoms with van der Waals surface area (Å²) in [5.74, 6) is 6.23. The highest BCUT2D eigenvalue weighted by Gasteiger charge is 1.99. The summed E-state index contributed by atoms with van der Waals surface area (Å²) in [4.78, 5) is 8.20. The Bertz CT molecular complexity index is 522. The molecule has 0 atom stereocenters. The van der Waals surface area contributed by atoms with E-state index in [0.717, 1.165) is 11.3 Å². The molecule has 5 nitrogen and oxygen atoms in total. The van der Waals surface area contributed by atoms with Crippen LogP contribution in [0.2, 0.25) is 0 Å². The maximum absolute atomic E-state index is 5.54. The summed E-state index contributed by atoms with van der Waals surface area (Å²) >= 11 is 0. The van der Waals surface area contributed by atoms with Crippen molar-refractivity contribution in [2.45, 2.75) is 6.92 Å². The van der Waals surface area contributed by atoms with Gasteiger partial charge in [-0.1, -0.05) is 0 Å². The molecule has 1 aromatic carbocycles. The van der Waals surface area contributed by atoms with E-state index in [4.69, 9.17) is 10.6 Å². The molecule has 0 bridgehead atoms. The molecule has 1 heterocycles. The van der Waals surface area contributed by atoms with Crippen molar-refractivity contribution in [2.24, 2.45) is 10.9 Å². The first-order valence-corrected chi connectivity index (χ1v) is 5.08. The molecule has 86 valence electrons. The lowest BCUT2D eigenvalue weighted by atomic mass is 10.2. The molecule has 0 radical (unpaired) electrons. The highest BCUT2D eigenvalue weighted by Crippen LogP contribution is 2.18. The summed E-state index contributed by atoms with van der Waals surface area (Å²) in [7, 11) is 0. The lowest BCUT2D eigenvalue weighted by Crippen LogP contribution is -1.92. The third-order valence-corrected chi connectivity index (χ3v) is 2.06. The second kappa shape index (κ2) is 5.07. The fourth-order valence-electron chi connectivity index (χ4n) is 1.32. The Hall–Kier alpha value is -2.43. The zero-order chi connectivity index (χ0) is 12.1. The Morgan fingerprint density at radius 1 is 1.24 bits per heavy atom. The van der Waals surface area contributed by atoms with Crippen molar-refractivity contribution in [3.05, 3.63) is 47.9 Å². The van der Waals surface area contributed by atoms with Gasteiger partial charge in [0.1, 0.15) is 5.75 Å². The second-order valence-corrected chi connectivity index (χ2v) is 3.45. The number of rotatable bonds is 3. The topological polar surface area (TPSA) is 73.4 Å². The Morgan fingerprint density at radius 3 is 2.65 bits per heavy atom. The second-order valence-electron chi connectivity index (χ2n) is 3.45. The van der Waals surface area contributed by atoms with Gasteiger partial charge in [-0.2, -0.15) is 5.10 Å². The van der Waals surface area contributed by atoms with E-state index in [2.05, 4.69) is 15.1 Å². The van der Waals surface area contributed by atoms with Crippen molar-refractivity contribution in [1.82, 2.24) is 9.97 Å². The summed E-state index contributed by atoms with van der Waals surface area (Å²) in [6.07, 6.45) is 4.81. The van der Waals surface area contributed by atoms with Crippen molar-refractivity contribution in [1.29, 1.82) is 0 Å². The van der Waals surface area contributed by atoms with Gasteiger partial charge in [0.2, 0.25) is 5.88 Å². The van der Waals surface area contributed by atoms with Crippen LogP contribution in [0.4, 0.5) is 0 Å². The van der Waals surface area contributed by atoms with Gasteiger partial charge in [0.15, 0.2) is 0 Å². The highest BCUT2D eigenvalue weighted by atomic mass is 16.5. The number of hydrogen-bond donors (Lipinski definition) is 1. The van der Waals surface area contributed by atoms with Crippen molar-refractivity contribution < 1.29 is 4.74 Å². The summed E-state index contributed by atoms with van der Waals surface area (Å²) in [6.45, 7) is 1.86. The van der Waals surface area contributed by atoms with Crippen LogP contribution in [0.1, 0.15) is 11.3 Å². The zero-order valence-electron chi connectivity index (χ0n) is 9.37. The molecule has 0 fully saturated rings. The molecule has 5 heteroatoms. The van der Waals surface area contributed by atoms with E-state index < -0.39 is 0 Å². The Kier molecular flexibility index (Phi) is 3.30. The van der Waals surface area contributed by atoms with E-state index in [1.54, 1.807) is 18.6 Å². The number of aromatic nitrogens is 2. The molecule has 2 aromatic rings. The van der Waals surface area contributed by atoms with Crippen LogP contribution in [-0.4, -0.2) is 16.2 Å². The van der Waals surface area contributed by atoms with Crippen molar-refractivity contribution in [2.75, 3.05) is 0 Å². The fraction of sp³-hybridized carbons (Fsp3) is 0.0833. The van der Waals surface area contributed by atoms with E-state index in [9.17, 15) is 0 Å². The SMILES string of the molecule is Cc1cncc(Oc2ccc(C=NN)cc2)n1. The molecule has 17 heavy (non-hydrogen) atoms. The highest BCUT2D eigenvalue weighted by molar-refractivity contribution is 5.79. The number of nitrogens with two attached hydrogens (primary N) is 1. The largest absolute Gasteiger partial charge is 0.437 e.